The first-order chi connectivity index (χ1) is 10.6. The quantitative estimate of drug-likeness (QED) is 0.576. The number of rotatable bonds is 7. The first kappa shape index (κ1) is 19.7. The fourth-order valence-corrected chi connectivity index (χ4v) is 2.47. The lowest BCUT2D eigenvalue weighted by atomic mass is 10.1. The normalized spacial score (nSPS) is 13.2. The van der Waals surface area contributed by atoms with Crippen molar-refractivity contribution in [1.82, 2.24) is 5.32 Å². The topological polar surface area (TPSA) is 41.1 Å². The highest BCUT2D eigenvalue weighted by atomic mass is 32.2. The lowest BCUT2D eigenvalue weighted by molar-refractivity contribution is -0.137. The van der Waals surface area contributed by atoms with Gasteiger partial charge < -0.3 is 10.6 Å². The Morgan fingerprint density at radius 3 is 2.48 bits per heavy atom. The van der Waals surface area contributed by atoms with Crippen LogP contribution in [-0.4, -0.2) is 31.7 Å². The van der Waals surface area contributed by atoms with E-state index in [9.17, 15) is 26.7 Å². The second kappa shape index (κ2) is 8.49. The van der Waals surface area contributed by atoms with E-state index in [1.165, 1.54) is 0 Å². The van der Waals surface area contributed by atoms with Gasteiger partial charge in [-0.1, -0.05) is 6.92 Å². The third-order valence-electron chi connectivity index (χ3n) is 2.89. The van der Waals surface area contributed by atoms with Crippen molar-refractivity contribution in [3.63, 3.8) is 0 Å². The molecule has 1 aromatic rings. The van der Waals surface area contributed by atoms with Crippen LogP contribution in [0.15, 0.2) is 23.1 Å². The largest absolute Gasteiger partial charge is 0.416 e. The maximum Gasteiger partial charge on any atom is 0.416 e. The number of nitrogens with one attached hydrogen (secondary N) is 2. The van der Waals surface area contributed by atoms with E-state index in [0.29, 0.717) is 18.3 Å². The molecular weight excluding hydrogens is 339 g/mol. The molecule has 0 fully saturated rings. The summed E-state index contributed by atoms with van der Waals surface area (Å²) < 4.78 is 63.0. The van der Waals surface area contributed by atoms with Crippen molar-refractivity contribution in [1.29, 1.82) is 0 Å². The lowest BCUT2D eigenvalue weighted by Crippen LogP contribution is -2.29. The molecule has 0 saturated heterocycles. The Morgan fingerprint density at radius 1 is 1.30 bits per heavy atom. The summed E-state index contributed by atoms with van der Waals surface area (Å²) in [5, 5.41) is 5.17. The molecule has 1 amide bonds. The molecule has 9 heteroatoms. The van der Waals surface area contributed by atoms with Crippen molar-refractivity contribution in [3.05, 3.63) is 23.8 Å². The predicted octanol–water partition coefficient (Wildman–Crippen LogP) is 3.86. The Morgan fingerprint density at radius 2 is 1.96 bits per heavy atom. The Bertz CT molecular complexity index is 536. The molecule has 0 radical (unpaired) electrons. The molecule has 2 N–H and O–H groups in total. The predicted molar refractivity (Wildman–Crippen MR) is 79.9 cm³/mol. The van der Waals surface area contributed by atoms with E-state index >= 15 is 0 Å². The molecule has 0 aliphatic rings. The minimum atomic E-state index is -4.58. The van der Waals surface area contributed by atoms with Gasteiger partial charge in [-0.15, -0.1) is 11.8 Å². The summed E-state index contributed by atoms with van der Waals surface area (Å²) in [5.41, 5.74) is -1.06. The van der Waals surface area contributed by atoms with Crippen molar-refractivity contribution >= 4 is 23.4 Å². The Hall–Kier alpha value is -1.35. The summed E-state index contributed by atoms with van der Waals surface area (Å²) in [6.07, 6.45) is -7.18. The van der Waals surface area contributed by atoms with Gasteiger partial charge in [0.25, 0.3) is 0 Å². The van der Waals surface area contributed by atoms with Crippen LogP contribution in [0.25, 0.3) is 0 Å². The molecule has 1 rings (SSSR count). The van der Waals surface area contributed by atoms with Gasteiger partial charge in [0.2, 0.25) is 12.3 Å². The molecule has 0 aromatic heterocycles. The summed E-state index contributed by atoms with van der Waals surface area (Å²) in [5.74, 6) is -1.54. The van der Waals surface area contributed by atoms with E-state index in [1.54, 1.807) is 14.0 Å². The van der Waals surface area contributed by atoms with E-state index in [1.807, 2.05) is 0 Å². The van der Waals surface area contributed by atoms with E-state index in [0.717, 1.165) is 18.2 Å². The number of amides is 1. The van der Waals surface area contributed by atoms with E-state index < -0.39 is 35.7 Å². The minimum absolute atomic E-state index is 0.113. The molecule has 1 atom stereocenters. The van der Waals surface area contributed by atoms with Gasteiger partial charge in [0.1, 0.15) is 0 Å². The zero-order valence-electron chi connectivity index (χ0n) is 12.5. The van der Waals surface area contributed by atoms with Crippen molar-refractivity contribution in [3.8, 4) is 0 Å². The van der Waals surface area contributed by atoms with Crippen LogP contribution in [0.1, 0.15) is 12.5 Å². The molecule has 0 saturated carbocycles. The smallest absolute Gasteiger partial charge is 0.325 e. The van der Waals surface area contributed by atoms with Crippen molar-refractivity contribution in [2.75, 3.05) is 24.7 Å². The third-order valence-corrected chi connectivity index (χ3v) is 3.97. The third kappa shape index (κ3) is 6.34. The first-order valence-electron chi connectivity index (χ1n) is 6.72. The number of anilines is 1. The Balaban J connectivity index is 3.04. The van der Waals surface area contributed by atoms with Gasteiger partial charge in [-0.05, 0) is 25.2 Å². The van der Waals surface area contributed by atoms with Crippen LogP contribution in [0.4, 0.5) is 27.6 Å². The summed E-state index contributed by atoms with van der Waals surface area (Å²) >= 11 is 0.694. The van der Waals surface area contributed by atoms with Gasteiger partial charge in [-0.25, -0.2) is 8.78 Å². The number of alkyl halides is 5. The van der Waals surface area contributed by atoms with Gasteiger partial charge in [-0.2, -0.15) is 13.2 Å². The van der Waals surface area contributed by atoms with Gasteiger partial charge in [0.15, 0.2) is 0 Å². The van der Waals surface area contributed by atoms with Gasteiger partial charge in [-0.3, -0.25) is 4.79 Å². The monoisotopic (exact) mass is 356 g/mol. The number of carbonyl (C=O) groups is 1. The van der Waals surface area contributed by atoms with Crippen LogP contribution >= 0.6 is 11.8 Å². The average Bonchev–Trinajstić information content (AvgIpc) is 2.44. The SMILES string of the molecule is CNCC(C)C(=O)Nc1cc(C(F)(F)F)ccc1SCC(F)F. The van der Waals surface area contributed by atoms with Crippen LogP contribution < -0.4 is 10.6 Å². The molecule has 1 unspecified atom stereocenters. The summed E-state index contributed by atoms with van der Waals surface area (Å²) in [6, 6.07) is 2.66. The molecule has 3 nitrogen and oxygen atoms in total. The van der Waals surface area contributed by atoms with Crippen LogP contribution in [0.5, 0.6) is 0 Å². The van der Waals surface area contributed by atoms with Gasteiger partial charge in [0.05, 0.1) is 17.0 Å². The first-order valence-corrected chi connectivity index (χ1v) is 7.71. The van der Waals surface area contributed by atoms with Crippen molar-refractivity contribution in [2.45, 2.75) is 24.4 Å². The van der Waals surface area contributed by atoms with Crippen LogP contribution in [0.3, 0.4) is 0 Å². The van der Waals surface area contributed by atoms with Crippen LogP contribution in [0.2, 0.25) is 0 Å². The summed E-state index contributed by atoms with van der Waals surface area (Å²) in [6.45, 7) is 1.94. The molecule has 0 bridgehead atoms. The van der Waals surface area contributed by atoms with E-state index in [-0.39, 0.29) is 10.6 Å². The molecule has 0 heterocycles. The second-order valence-corrected chi connectivity index (χ2v) is 5.92. The molecular formula is C14H17F5N2OS. The molecule has 0 aliphatic carbocycles. The standard InChI is InChI=1S/C14H17F5N2OS/c1-8(6-20-2)13(22)21-10-5-9(14(17,18)19)3-4-11(10)23-7-12(15)16/h3-5,8,12,20H,6-7H2,1-2H3,(H,21,22). The second-order valence-electron chi connectivity index (χ2n) is 4.86. The van der Waals surface area contributed by atoms with Crippen molar-refractivity contribution in [2.24, 2.45) is 5.92 Å². The van der Waals surface area contributed by atoms with E-state index in [4.69, 9.17) is 0 Å². The minimum Gasteiger partial charge on any atom is -0.325 e. The van der Waals surface area contributed by atoms with Crippen molar-refractivity contribution < 1.29 is 26.7 Å². The Kier molecular flexibility index (Phi) is 7.27. The molecule has 23 heavy (non-hydrogen) atoms. The fourth-order valence-electron chi connectivity index (χ4n) is 1.74. The highest BCUT2D eigenvalue weighted by Gasteiger charge is 2.31. The number of carbonyl (C=O) groups excluding carboxylic acids is 1. The number of benzene rings is 1. The summed E-state index contributed by atoms with van der Waals surface area (Å²) in [4.78, 5) is 12.1. The fraction of sp³-hybridized carbons (Fsp3) is 0.500. The lowest BCUT2D eigenvalue weighted by Gasteiger charge is -2.16. The van der Waals surface area contributed by atoms with E-state index in [2.05, 4.69) is 10.6 Å². The highest BCUT2D eigenvalue weighted by Crippen LogP contribution is 2.36. The molecule has 0 spiro atoms. The van der Waals surface area contributed by atoms with Crippen LogP contribution in [-0.2, 0) is 11.0 Å². The maximum absolute atomic E-state index is 12.8. The highest BCUT2D eigenvalue weighted by molar-refractivity contribution is 7.99. The van der Waals surface area contributed by atoms with Gasteiger partial charge in [0, 0.05) is 17.4 Å². The number of hydrogen-bond acceptors (Lipinski definition) is 3. The Labute approximate surface area is 135 Å². The molecule has 0 aliphatic heterocycles. The summed E-state index contributed by atoms with van der Waals surface area (Å²) in [7, 11) is 1.64. The van der Waals surface area contributed by atoms with Crippen LogP contribution in [0, 0.1) is 5.92 Å². The molecule has 130 valence electrons. The number of thioether (sulfide) groups is 1. The number of hydrogen-bond donors (Lipinski definition) is 2. The maximum atomic E-state index is 12.8. The number of halogens is 5. The van der Waals surface area contributed by atoms with Gasteiger partial charge >= 0.3 is 6.18 Å². The zero-order chi connectivity index (χ0) is 17.6. The molecule has 1 aromatic carbocycles. The zero-order valence-corrected chi connectivity index (χ0v) is 13.3. The average molecular weight is 356 g/mol.